The van der Waals surface area contributed by atoms with Crippen LogP contribution in [-0.2, 0) is 10.3 Å². The Morgan fingerprint density at radius 1 is 1.25 bits per heavy atom. The van der Waals surface area contributed by atoms with Crippen LogP contribution >= 0.6 is 0 Å². The number of carbonyl (C=O) groups is 1. The summed E-state index contributed by atoms with van der Waals surface area (Å²) in [5, 5.41) is 7.01. The molecular weight excluding hydrogens is 374 g/mol. The van der Waals surface area contributed by atoms with Crippen molar-refractivity contribution in [1.29, 1.82) is 0 Å². The first-order valence-corrected chi connectivity index (χ1v) is 9.55. The van der Waals surface area contributed by atoms with E-state index >= 15 is 0 Å². The third kappa shape index (κ3) is 3.65. The minimum Gasteiger partial charge on any atom is -0.438 e. The van der Waals surface area contributed by atoms with Crippen molar-refractivity contribution in [2.45, 2.75) is 62.8 Å². The summed E-state index contributed by atoms with van der Waals surface area (Å²) in [5.41, 5.74) is -1.56. The fourth-order valence-corrected chi connectivity index (χ4v) is 3.92. The second-order valence-corrected chi connectivity index (χ2v) is 7.33. The Bertz CT molecular complexity index is 808. The Hall–Kier alpha value is -2.36. The van der Waals surface area contributed by atoms with Gasteiger partial charge in [0.05, 0.1) is 12.5 Å². The summed E-state index contributed by atoms with van der Waals surface area (Å²) in [6.45, 7) is 1.17. The summed E-state index contributed by atoms with van der Waals surface area (Å²) >= 11 is 0. The van der Waals surface area contributed by atoms with Gasteiger partial charge in [-0.25, -0.2) is 13.8 Å². The third-order valence-corrected chi connectivity index (χ3v) is 5.47. The Labute approximate surface area is 160 Å². The molecule has 0 radical (unpaired) electrons. The molecule has 1 aliphatic heterocycles. The number of hydrogen-bond donors (Lipinski definition) is 1. The predicted octanol–water partition coefficient (Wildman–Crippen LogP) is 3.48. The van der Waals surface area contributed by atoms with Crippen LogP contribution in [0, 0.1) is 0 Å². The van der Waals surface area contributed by atoms with Crippen LogP contribution in [0.1, 0.15) is 85.3 Å². The molecule has 4 rings (SSSR count). The zero-order valence-electron chi connectivity index (χ0n) is 15.3. The summed E-state index contributed by atoms with van der Waals surface area (Å²) in [6, 6.07) is 0. The maximum atomic E-state index is 13.1. The molecule has 0 bridgehead atoms. The molecule has 2 aromatic rings. The molecule has 152 valence electrons. The molecule has 3 heterocycles. The van der Waals surface area contributed by atoms with Gasteiger partial charge in [-0.1, -0.05) is 30.8 Å². The lowest BCUT2D eigenvalue weighted by molar-refractivity contribution is 0.0830. The average Bonchev–Trinajstić information content (AvgIpc) is 3.42. The van der Waals surface area contributed by atoms with Gasteiger partial charge in [-0.05, 0) is 19.3 Å². The van der Waals surface area contributed by atoms with E-state index in [0.717, 1.165) is 38.5 Å². The number of ether oxygens (including phenoxy) is 1. The number of nitrogens with one attached hydrogen (secondary N) is 1. The zero-order valence-corrected chi connectivity index (χ0v) is 15.3. The minimum absolute atomic E-state index is 0.0412. The average molecular weight is 396 g/mol. The molecule has 1 saturated heterocycles. The molecule has 2 fully saturated rings. The lowest BCUT2D eigenvalue weighted by Crippen LogP contribution is -2.46. The Morgan fingerprint density at radius 2 is 2.04 bits per heavy atom. The number of hydrogen-bond acceptors (Lipinski definition) is 7. The number of aromatic nitrogens is 3. The molecule has 8 nitrogen and oxygen atoms in total. The maximum absolute atomic E-state index is 13.1. The monoisotopic (exact) mass is 396 g/mol. The normalized spacial score (nSPS) is 22.3. The van der Waals surface area contributed by atoms with Crippen LogP contribution in [0.3, 0.4) is 0 Å². The van der Waals surface area contributed by atoms with Crippen molar-refractivity contribution in [3.05, 3.63) is 29.6 Å². The van der Waals surface area contributed by atoms with Gasteiger partial charge in [0, 0.05) is 6.61 Å². The Balaban J connectivity index is 1.63. The maximum Gasteiger partial charge on any atom is 0.290 e. The van der Waals surface area contributed by atoms with Crippen molar-refractivity contribution in [1.82, 2.24) is 20.4 Å². The highest BCUT2D eigenvalue weighted by Crippen LogP contribution is 2.36. The number of amides is 1. The number of carbonyl (C=O) groups excluding carboxylic acids is 1. The topological polar surface area (TPSA) is 103 Å². The molecule has 0 aromatic carbocycles. The van der Waals surface area contributed by atoms with E-state index in [0.29, 0.717) is 37.8 Å². The Kier molecular flexibility index (Phi) is 5.38. The van der Waals surface area contributed by atoms with E-state index in [4.69, 9.17) is 13.7 Å². The van der Waals surface area contributed by atoms with Gasteiger partial charge in [0.15, 0.2) is 17.9 Å². The number of oxazole rings is 1. The van der Waals surface area contributed by atoms with Gasteiger partial charge in [0.25, 0.3) is 12.3 Å². The van der Waals surface area contributed by atoms with E-state index in [1.165, 1.54) is 0 Å². The standard InChI is InChI=1S/C18H22F2N4O4/c19-14(20)12-13(27-10-21-12)15(25)23-18(6-3-1-2-4-7-18)17-22-16(28-24-17)11-5-8-26-9-11/h10-11,14H,1-9H2,(H,23,25). The van der Waals surface area contributed by atoms with E-state index in [-0.39, 0.29) is 5.92 Å². The number of nitrogens with zero attached hydrogens (tertiary/aromatic N) is 3. The van der Waals surface area contributed by atoms with Crippen LogP contribution in [0.25, 0.3) is 0 Å². The molecule has 10 heteroatoms. The van der Waals surface area contributed by atoms with Gasteiger partial charge >= 0.3 is 0 Å². The predicted molar refractivity (Wildman–Crippen MR) is 90.8 cm³/mol. The molecule has 1 atom stereocenters. The molecule has 1 N–H and O–H groups in total. The van der Waals surface area contributed by atoms with Crippen LogP contribution in [0.4, 0.5) is 8.78 Å². The van der Waals surface area contributed by atoms with Crippen molar-refractivity contribution in [3.63, 3.8) is 0 Å². The summed E-state index contributed by atoms with van der Waals surface area (Å²) in [6.07, 6.45) is 3.69. The molecule has 1 saturated carbocycles. The molecule has 2 aliphatic rings. The van der Waals surface area contributed by atoms with Gasteiger partial charge in [-0.2, -0.15) is 4.98 Å². The van der Waals surface area contributed by atoms with Crippen LogP contribution < -0.4 is 5.32 Å². The molecular formula is C18H22F2N4O4. The third-order valence-electron chi connectivity index (χ3n) is 5.47. The van der Waals surface area contributed by atoms with Crippen LogP contribution in [0.5, 0.6) is 0 Å². The Morgan fingerprint density at radius 3 is 2.71 bits per heavy atom. The molecule has 1 aliphatic carbocycles. The molecule has 1 amide bonds. The van der Waals surface area contributed by atoms with Crippen LogP contribution in [-0.4, -0.2) is 34.2 Å². The zero-order chi connectivity index (χ0) is 19.6. The summed E-state index contributed by atoms with van der Waals surface area (Å²) in [4.78, 5) is 20.8. The first kappa shape index (κ1) is 19.0. The molecule has 0 spiro atoms. The first-order valence-electron chi connectivity index (χ1n) is 9.55. The van der Waals surface area contributed by atoms with Gasteiger partial charge < -0.3 is 19.0 Å². The minimum atomic E-state index is -2.90. The largest absolute Gasteiger partial charge is 0.438 e. The second kappa shape index (κ2) is 7.94. The highest BCUT2D eigenvalue weighted by molar-refractivity contribution is 5.93. The molecule has 2 aromatic heterocycles. The highest BCUT2D eigenvalue weighted by Gasteiger charge is 2.41. The molecule has 1 unspecified atom stereocenters. The smallest absolute Gasteiger partial charge is 0.290 e. The van der Waals surface area contributed by atoms with Crippen molar-refractivity contribution in [3.8, 4) is 0 Å². The fourth-order valence-electron chi connectivity index (χ4n) is 3.92. The number of alkyl halides is 2. The van der Waals surface area contributed by atoms with Gasteiger partial charge in [0.2, 0.25) is 11.7 Å². The molecule has 28 heavy (non-hydrogen) atoms. The van der Waals surface area contributed by atoms with Crippen molar-refractivity contribution in [2.24, 2.45) is 0 Å². The van der Waals surface area contributed by atoms with Gasteiger partial charge in [0.1, 0.15) is 5.54 Å². The second-order valence-electron chi connectivity index (χ2n) is 7.33. The summed E-state index contributed by atoms with van der Waals surface area (Å²) < 4.78 is 42.0. The fraction of sp³-hybridized carbons (Fsp3) is 0.667. The van der Waals surface area contributed by atoms with E-state index in [9.17, 15) is 13.6 Å². The SMILES string of the molecule is O=C(NC1(c2noc(C3CCOC3)n2)CCCCCC1)c1ocnc1C(F)F. The van der Waals surface area contributed by atoms with E-state index in [2.05, 4.69) is 20.4 Å². The van der Waals surface area contributed by atoms with E-state index in [1.807, 2.05) is 0 Å². The number of rotatable bonds is 5. The van der Waals surface area contributed by atoms with Gasteiger partial charge in [-0.15, -0.1) is 0 Å². The summed E-state index contributed by atoms with van der Waals surface area (Å²) in [7, 11) is 0. The lowest BCUT2D eigenvalue weighted by Gasteiger charge is -2.30. The van der Waals surface area contributed by atoms with Crippen molar-refractivity contribution in [2.75, 3.05) is 13.2 Å². The lowest BCUT2D eigenvalue weighted by atomic mass is 9.89. The number of halogens is 2. The summed E-state index contributed by atoms with van der Waals surface area (Å²) in [5.74, 6) is -0.322. The highest BCUT2D eigenvalue weighted by atomic mass is 19.3. The quantitative estimate of drug-likeness (QED) is 0.772. The van der Waals surface area contributed by atoms with Crippen LogP contribution in [0.2, 0.25) is 0 Å². The van der Waals surface area contributed by atoms with Crippen molar-refractivity contribution < 1.29 is 27.3 Å². The van der Waals surface area contributed by atoms with E-state index in [1.54, 1.807) is 0 Å². The van der Waals surface area contributed by atoms with E-state index < -0.39 is 29.3 Å². The van der Waals surface area contributed by atoms with Crippen molar-refractivity contribution >= 4 is 5.91 Å². The first-order chi connectivity index (χ1) is 13.6. The van der Waals surface area contributed by atoms with Crippen LogP contribution in [0.15, 0.2) is 15.3 Å². The van der Waals surface area contributed by atoms with Gasteiger partial charge in [-0.3, -0.25) is 4.79 Å².